The van der Waals surface area contributed by atoms with Crippen LogP contribution in [0, 0.1) is 6.92 Å². The maximum Gasteiger partial charge on any atom is 0.261 e. The fourth-order valence-electron chi connectivity index (χ4n) is 3.95. The second-order valence-electron chi connectivity index (χ2n) is 7.55. The van der Waals surface area contributed by atoms with Crippen molar-refractivity contribution < 1.29 is 18.8 Å². The summed E-state index contributed by atoms with van der Waals surface area (Å²) in [7, 11) is 1.49. The van der Waals surface area contributed by atoms with E-state index in [0.717, 1.165) is 16.7 Å². The third kappa shape index (κ3) is 3.61. The normalized spacial score (nSPS) is 12.2. The zero-order valence-corrected chi connectivity index (χ0v) is 18.0. The summed E-state index contributed by atoms with van der Waals surface area (Å²) in [6.45, 7) is 2.14. The summed E-state index contributed by atoms with van der Waals surface area (Å²) in [5.74, 6) is 0.190. The number of carbonyl (C=O) groups is 2. The van der Waals surface area contributed by atoms with E-state index in [0.29, 0.717) is 40.5 Å². The third-order valence-electron chi connectivity index (χ3n) is 5.56. The molecule has 0 saturated carbocycles. The lowest BCUT2D eigenvalue weighted by atomic mass is 10.0. The molecule has 0 bridgehead atoms. The van der Waals surface area contributed by atoms with E-state index in [1.54, 1.807) is 25.1 Å². The van der Waals surface area contributed by atoms with Crippen LogP contribution in [0.5, 0.6) is 5.88 Å². The van der Waals surface area contributed by atoms with E-state index in [9.17, 15) is 9.59 Å². The van der Waals surface area contributed by atoms with E-state index in [4.69, 9.17) is 9.26 Å². The molecule has 8 nitrogen and oxygen atoms in total. The van der Waals surface area contributed by atoms with Crippen LogP contribution in [0.2, 0.25) is 0 Å². The van der Waals surface area contributed by atoms with Gasteiger partial charge in [0.25, 0.3) is 11.8 Å². The summed E-state index contributed by atoms with van der Waals surface area (Å²) >= 11 is 0. The molecular formula is C25H20N4O4. The van der Waals surface area contributed by atoms with Crippen molar-refractivity contribution in [2.24, 2.45) is 0 Å². The van der Waals surface area contributed by atoms with Gasteiger partial charge in [-0.1, -0.05) is 47.6 Å². The van der Waals surface area contributed by atoms with Gasteiger partial charge in [-0.2, -0.15) is 0 Å². The zero-order chi connectivity index (χ0) is 22.9. The van der Waals surface area contributed by atoms with Crippen molar-refractivity contribution in [2.75, 3.05) is 12.4 Å². The number of nitrogens with one attached hydrogen (secondary N) is 2. The predicted molar refractivity (Wildman–Crippen MR) is 122 cm³/mol. The summed E-state index contributed by atoms with van der Waals surface area (Å²) in [5, 5.41) is 9.76. The molecule has 0 radical (unpaired) electrons. The van der Waals surface area contributed by atoms with Crippen molar-refractivity contribution in [3.8, 4) is 28.4 Å². The second-order valence-corrected chi connectivity index (χ2v) is 7.55. The SMILES string of the molecule is COc1nc(-c2cccc3c2CNC3=O)ccc1NC(=O)c1c(-c2ccccc2)noc1C. The summed E-state index contributed by atoms with van der Waals surface area (Å²) in [5.41, 5.74) is 5.01. The number of benzene rings is 2. The molecular weight excluding hydrogens is 420 g/mol. The Bertz CT molecular complexity index is 1380. The molecule has 2 aromatic heterocycles. The van der Waals surface area contributed by atoms with Gasteiger partial charge in [0.15, 0.2) is 0 Å². The van der Waals surface area contributed by atoms with E-state index in [1.807, 2.05) is 42.5 Å². The Labute approximate surface area is 189 Å². The van der Waals surface area contributed by atoms with E-state index in [2.05, 4.69) is 20.8 Å². The molecule has 2 N–H and O–H groups in total. The molecule has 0 aliphatic carbocycles. The lowest BCUT2D eigenvalue weighted by Crippen LogP contribution is -2.14. The Kier molecular flexibility index (Phi) is 5.10. The Hall–Kier alpha value is -4.46. The van der Waals surface area contributed by atoms with Crippen molar-refractivity contribution in [3.63, 3.8) is 0 Å². The average molecular weight is 440 g/mol. The van der Waals surface area contributed by atoms with Gasteiger partial charge < -0.3 is 19.9 Å². The fraction of sp³-hybridized carbons (Fsp3) is 0.120. The van der Waals surface area contributed by atoms with Crippen LogP contribution in [-0.4, -0.2) is 29.1 Å². The molecule has 2 aromatic carbocycles. The lowest BCUT2D eigenvalue weighted by molar-refractivity contribution is 0.0964. The maximum absolute atomic E-state index is 13.2. The fourth-order valence-corrected chi connectivity index (χ4v) is 3.95. The highest BCUT2D eigenvalue weighted by Crippen LogP contribution is 2.33. The number of methoxy groups -OCH3 is 1. The van der Waals surface area contributed by atoms with Gasteiger partial charge in [0.2, 0.25) is 5.88 Å². The van der Waals surface area contributed by atoms with Crippen LogP contribution in [0.15, 0.2) is 65.2 Å². The van der Waals surface area contributed by atoms with Crippen LogP contribution >= 0.6 is 0 Å². The summed E-state index contributed by atoms with van der Waals surface area (Å²) in [6.07, 6.45) is 0. The van der Waals surface area contributed by atoms with Gasteiger partial charge in [0, 0.05) is 23.2 Å². The minimum atomic E-state index is -0.379. The topological polar surface area (TPSA) is 106 Å². The van der Waals surface area contributed by atoms with Crippen LogP contribution in [0.1, 0.15) is 32.0 Å². The van der Waals surface area contributed by atoms with Gasteiger partial charge in [-0.3, -0.25) is 9.59 Å². The number of fused-ring (bicyclic) bond motifs is 1. The van der Waals surface area contributed by atoms with E-state index in [-0.39, 0.29) is 17.7 Å². The number of nitrogens with zero attached hydrogens (tertiary/aromatic N) is 2. The average Bonchev–Trinajstić information content (AvgIpc) is 3.42. The molecule has 0 atom stereocenters. The molecule has 5 rings (SSSR count). The summed E-state index contributed by atoms with van der Waals surface area (Å²) in [6, 6.07) is 18.4. The van der Waals surface area contributed by atoms with Gasteiger partial charge in [0.1, 0.15) is 22.7 Å². The number of carbonyl (C=O) groups excluding carboxylic acids is 2. The minimum Gasteiger partial charge on any atom is -0.479 e. The molecule has 3 heterocycles. The Morgan fingerprint density at radius 1 is 1.06 bits per heavy atom. The first-order chi connectivity index (χ1) is 16.1. The monoisotopic (exact) mass is 440 g/mol. The number of rotatable bonds is 5. The van der Waals surface area contributed by atoms with Gasteiger partial charge in [-0.15, -0.1) is 0 Å². The quantitative estimate of drug-likeness (QED) is 0.481. The number of ether oxygens (including phenoxy) is 1. The van der Waals surface area contributed by atoms with E-state index >= 15 is 0 Å². The molecule has 8 heteroatoms. The van der Waals surface area contributed by atoms with Gasteiger partial charge >= 0.3 is 0 Å². The van der Waals surface area contributed by atoms with Crippen molar-refractivity contribution in [3.05, 3.63) is 83.1 Å². The molecule has 0 fully saturated rings. The number of hydrogen-bond donors (Lipinski definition) is 2. The zero-order valence-electron chi connectivity index (χ0n) is 18.0. The number of pyridine rings is 1. The van der Waals surface area contributed by atoms with Crippen molar-refractivity contribution in [1.29, 1.82) is 0 Å². The Morgan fingerprint density at radius 2 is 1.85 bits per heavy atom. The predicted octanol–water partition coefficient (Wildman–Crippen LogP) is 4.22. The number of aryl methyl sites for hydroxylation is 1. The number of hydrogen-bond acceptors (Lipinski definition) is 6. The molecule has 164 valence electrons. The molecule has 1 aliphatic heterocycles. The highest BCUT2D eigenvalue weighted by molar-refractivity contribution is 6.09. The van der Waals surface area contributed by atoms with Crippen LogP contribution in [-0.2, 0) is 6.54 Å². The first-order valence-corrected chi connectivity index (χ1v) is 10.4. The molecule has 0 unspecified atom stereocenters. The van der Waals surface area contributed by atoms with Crippen LogP contribution in [0.3, 0.4) is 0 Å². The maximum atomic E-state index is 13.2. The third-order valence-corrected chi connectivity index (χ3v) is 5.56. The standard InChI is InChI=1S/C25H20N4O4/c1-14-21(22(29-33-14)15-7-4-3-5-8-15)24(31)27-20-12-11-19(28-25(20)32-2)16-9-6-10-17-18(16)13-26-23(17)30/h3-12H,13H2,1-2H3,(H,26,30)(H,27,31). The smallest absolute Gasteiger partial charge is 0.261 e. The van der Waals surface area contributed by atoms with Crippen LogP contribution in [0.4, 0.5) is 5.69 Å². The molecule has 0 saturated heterocycles. The van der Waals surface area contributed by atoms with Gasteiger partial charge in [-0.25, -0.2) is 4.98 Å². The minimum absolute atomic E-state index is 0.0963. The van der Waals surface area contributed by atoms with Crippen LogP contribution < -0.4 is 15.4 Å². The largest absolute Gasteiger partial charge is 0.479 e. The Morgan fingerprint density at radius 3 is 2.64 bits per heavy atom. The van der Waals surface area contributed by atoms with E-state index in [1.165, 1.54) is 7.11 Å². The first kappa shape index (κ1) is 20.4. The lowest BCUT2D eigenvalue weighted by Gasteiger charge is -2.12. The van der Waals surface area contributed by atoms with E-state index < -0.39 is 0 Å². The second kappa shape index (κ2) is 8.23. The highest BCUT2D eigenvalue weighted by atomic mass is 16.5. The first-order valence-electron chi connectivity index (χ1n) is 10.4. The summed E-state index contributed by atoms with van der Waals surface area (Å²) in [4.78, 5) is 29.7. The summed E-state index contributed by atoms with van der Waals surface area (Å²) < 4.78 is 10.8. The van der Waals surface area contributed by atoms with Gasteiger partial charge in [0.05, 0.1) is 12.8 Å². The highest BCUT2D eigenvalue weighted by Gasteiger charge is 2.25. The molecule has 1 aliphatic rings. The Balaban J connectivity index is 1.47. The number of amides is 2. The van der Waals surface area contributed by atoms with Crippen molar-refractivity contribution in [1.82, 2.24) is 15.5 Å². The number of aromatic nitrogens is 2. The molecule has 4 aromatic rings. The van der Waals surface area contributed by atoms with Gasteiger partial charge in [-0.05, 0) is 30.7 Å². The molecule has 0 spiro atoms. The van der Waals surface area contributed by atoms with Crippen molar-refractivity contribution >= 4 is 17.5 Å². The number of anilines is 1. The van der Waals surface area contributed by atoms with Crippen LogP contribution in [0.25, 0.3) is 22.5 Å². The van der Waals surface area contributed by atoms with Crippen molar-refractivity contribution in [2.45, 2.75) is 13.5 Å². The molecule has 33 heavy (non-hydrogen) atoms. The molecule has 2 amide bonds.